The first-order chi connectivity index (χ1) is 14.0. The summed E-state index contributed by atoms with van der Waals surface area (Å²) >= 11 is 0. The van der Waals surface area contributed by atoms with Crippen molar-refractivity contribution in [3.8, 4) is 0 Å². The van der Waals surface area contributed by atoms with Crippen molar-refractivity contribution in [3.05, 3.63) is 64.7 Å². The van der Waals surface area contributed by atoms with E-state index < -0.39 is 0 Å². The minimum atomic E-state index is -0.118. The van der Waals surface area contributed by atoms with Crippen LogP contribution >= 0.6 is 0 Å². The SMILES string of the molecule is CC(C)c1ccc(CNC(=O)c2ccc3c(c2)N(C)[C@@H]2CCCCN2C3=O)cc1. The summed E-state index contributed by atoms with van der Waals surface area (Å²) in [5.74, 6) is 0.460. The Kier molecular flexibility index (Phi) is 5.31. The van der Waals surface area contributed by atoms with E-state index in [0.29, 0.717) is 23.6 Å². The number of rotatable bonds is 4. The van der Waals surface area contributed by atoms with Gasteiger partial charge in [0.2, 0.25) is 0 Å². The molecular formula is C24H29N3O2. The maximum Gasteiger partial charge on any atom is 0.257 e. The molecule has 0 bridgehead atoms. The van der Waals surface area contributed by atoms with Crippen LogP contribution in [0.25, 0.3) is 0 Å². The highest BCUT2D eigenvalue weighted by Crippen LogP contribution is 2.34. The maximum absolute atomic E-state index is 12.9. The van der Waals surface area contributed by atoms with Crippen LogP contribution in [0, 0.1) is 0 Å². The van der Waals surface area contributed by atoms with Crippen molar-refractivity contribution < 1.29 is 9.59 Å². The summed E-state index contributed by atoms with van der Waals surface area (Å²) in [6, 6.07) is 13.8. The third-order valence-electron chi connectivity index (χ3n) is 6.15. The molecule has 5 nitrogen and oxygen atoms in total. The van der Waals surface area contributed by atoms with E-state index in [-0.39, 0.29) is 18.0 Å². The molecule has 2 aliphatic rings. The van der Waals surface area contributed by atoms with Gasteiger partial charge in [-0.3, -0.25) is 9.59 Å². The lowest BCUT2D eigenvalue weighted by atomic mass is 9.97. The highest BCUT2D eigenvalue weighted by Gasteiger charge is 2.37. The Balaban J connectivity index is 1.49. The summed E-state index contributed by atoms with van der Waals surface area (Å²) in [6.07, 6.45) is 3.26. The number of amides is 2. The molecule has 1 saturated heterocycles. The molecule has 0 radical (unpaired) electrons. The number of nitrogens with one attached hydrogen (secondary N) is 1. The van der Waals surface area contributed by atoms with Crippen molar-refractivity contribution in [3.63, 3.8) is 0 Å². The number of carbonyl (C=O) groups is 2. The molecule has 4 rings (SSSR count). The average molecular weight is 392 g/mol. The largest absolute Gasteiger partial charge is 0.354 e. The topological polar surface area (TPSA) is 52.7 Å². The number of carbonyl (C=O) groups excluding carboxylic acids is 2. The van der Waals surface area contributed by atoms with Crippen molar-refractivity contribution >= 4 is 17.5 Å². The molecule has 1 atom stereocenters. The van der Waals surface area contributed by atoms with Gasteiger partial charge in [-0.1, -0.05) is 38.1 Å². The first-order valence-corrected chi connectivity index (χ1v) is 10.5. The molecule has 1 N–H and O–H groups in total. The van der Waals surface area contributed by atoms with Crippen LogP contribution < -0.4 is 10.2 Å². The van der Waals surface area contributed by atoms with Crippen LogP contribution in [-0.2, 0) is 6.54 Å². The molecule has 0 saturated carbocycles. The van der Waals surface area contributed by atoms with Crippen molar-refractivity contribution in [1.29, 1.82) is 0 Å². The van der Waals surface area contributed by atoms with Crippen LogP contribution in [0.2, 0.25) is 0 Å². The molecule has 0 aliphatic carbocycles. The molecule has 0 spiro atoms. The Morgan fingerprint density at radius 3 is 2.62 bits per heavy atom. The summed E-state index contributed by atoms with van der Waals surface area (Å²) in [7, 11) is 2.02. The number of piperidine rings is 1. The lowest BCUT2D eigenvalue weighted by molar-refractivity contribution is 0.0589. The highest BCUT2D eigenvalue weighted by atomic mass is 16.2. The first-order valence-electron chi connectivity index (χ1n) is 10.5. The van der Waals surface area contributed by atoms with Gasteiger partial charge in [0.05, 0.1) is 11.3 Å². The molecule has 1 fully saturated rings. The predicted molar refractivity (Wildman–Crippen MR) is 115 cm³/mol. The van der Waals surface area contributed by atoms with E-state index in [4.69, 9.17) is 0 Å². The zero-order valence-electron chi connectivity index (χ0n) is 17.4. The van der Waals surface area contributed by atoms with Gasteiger partial charge in [0.1, 0.15) is 6.17 Å². The predicted octanol–water partition coefficient (Wildman–Crippen LogP) is 4.14. The fourth-order valence-corrected chi connectivity index (χ4v) is 4.32. The maximum atomic E-state index is 12.9. The van der Waals surface area contributed by atoms with Crippen LogP contribution in [0.15, 0.2) is 42.5 Å². The Morgan fingerprint density at radius 2 is 1.90 bits per heavy atom. The third-order valence-corrected chi connectivity index (χ3v) is 6.15. The van der Waals surface area contributed by atoms with Crippen LogP contribution in [0.4, 0.5) is 5.69 Å². The van der Waals surface area contributed by atoms with Crippen molar-refractivity contribution in [1.82, 2.24) is 10.2 Å². The fourth-order valence-electron chi connectivity index (χ4n) is 4.32. The van der Waals surface area contributed by atoms with Crippen LogP contribution in [0.1, 0.15) is 70.9 Å². The number of anilines is 1. The molecule has 2 aliphatic heterocycles. The summed E-state index contributed by atoms with van der Waals surface area (Å²) in [6.45, 7) is 5.63. The standard InChI is InChI=1S/C24H29N3O2/c1-16(2)18-9-7-17(8-10-18)15-25-23(28)19-11-12-20-21(14-19)26(3)22-6-4-5-13-27(22)24(20)29/h7-12,14,16,22H,4-6,13,15H2,1-3H3,(H,25,28)/t22-/m0/s1. The highest BCUT2D eigenvalue weighted by molar-refractivity contribution is 6.04. The zero-order chi connectivity index (χ0) is 20.5. The van der Waals surface area contributed by atoms with Gasteiger partial charge in [0.15, 0.2) is 0 Å². The number of nitrogens with zero attached hydrogens (tertiary/aromatic N) is 2. The normalized spacial score (nSPS) is 18.5. The van der Waals surface area contributed by atoms with E-state index in [1.165, 1.54) is 5.56 Å². The van der Waals surface area contributed by atoms with E-state index in [0.717, 1.165) is 37.1 Å². The number of hydrogen-bond donors (Lipinski definition) is 1. The molecule has 5 heteroatoms. The second-order valence-corrected chi connectivity index (χ2v) is 8.40. The number of hydrogen-bond acceptors (Lipinski definition) is 3. The van der Waals surface area contributed by atoms with Crippen molar-refractivity contribution in [2.75, 3.05) is 18.5 Å². The van der Waals surface area contributed by atoms with Crippen LogP contribution in [0.5, 0.6) is 0 Å². The second-order valence-electron chi connectivity index (χ2n) is 8.40. The Morgan fingerprint density at radius 1 is 1.14 bits per heavy atom. The number of benzene rings is 2. The van der Waals surface area contributed by atoms with E-state index in [2.05, 4.69) is 48.3 Å². The molecule has 2 amide bonds. The minimum absolute atomic E-state index is 0.0833. The fraction of sp³-hybridized carbons (Fsp3) is 0.417. The molecule has 152 valence electrons. The quantitative estimate of drug-likeness (QED) is 0.852. The molecular weight excluding hydrogens is 362 g/mol. The molecule has 2 aromatic rings. The molecule has 0 aromatic heterocycles. The van der Waals surface area contributed by atoms with Gasteiger partial charge in [-0.15, -0.1) is 0 Å². The summed E-state index contributed by atoms with van der Waals surface area (Å²) in [5, 5.41) is 3.00. The van der Waals surface area contributed by atoms with Crippen molar-refractivity contribution in [2.45, 2.75) is 51.7 Å². The van der Waals surface area contributed by atoms with E-state index in [9.17, 15) is 9.59 Å². The van der Waals surface area contributed by atoms with Gasteiger partial charge in [0, 0.05) is 25.7 Å². The van der Waals surface area contributed by atoms with E-state index >= 15 is 0 Å². The molecule has 29 heavy (non-hydrogen) atoms. The molecule has 2 aromatic carbocycles. The summed E-state index contributed by atoms with van der Waals surface area (Å²) < 4.78 is 0. The Bertz CT molecular complexity index is 920. The summed E-state index contributed by atoms with van der Waals surface area (Å²) in [4.78, 5) is 29.7. The third kappa shape index (κ3) is 3.74. The van der Waals surface area contributed by atoms with Gasteiger partial charge < -0.3 is 15.1 Å². The van der Waals surface area contributed by atoms with Crippen LogP contribution in [0.3, 0.4) is 0 Å². The first kappa shape index (κ1) is 19.5. The second kappa shape index (κ2) is 7.90. The Labute approximate surface area is 172 Å². The summed E-state index contributed by atoms with van der Waals surface area (Å²) in [5.41, 5.74) is 4.50. The lowest BCUT2D eigenvalue weighted by Gasteiger charge is -2.46. The van der Waals surface area contributed by atoms with Gasteiger partial charge in [0.25, 0.3) is 11.8 Å². The Hall–Kier alpha value is -2.82. The number of fused-ring (bicyclic) bond motifs is 2. The van der Waals surface area contributed by atoms with Crippen molar-refractivity contribution in [2.24, 2.45) is 0 Å². The van der Waals surface area contributed by atoms with E-state index in [1.54, 1.807) is 12.1 Å². The lowest BCUT2D eigenvalue weighted by Crippen LogP contribution is -2.55. The molecule has 0 unspecified atom stereocenters. The van der Waals surface area contributed by atoms with Gasteiger partial charge >= 0.3 is 0 Å². The smallest absolute Gasteiger partial charge is 0.257 e. The van der Waals surface area contributed by atoms with E-state index in [1.807, 2.05) is 18.0 Å². The average Bonchev–Trinajstić information content (AvgIpc) is 2.75. The minimum Gasteiger partial charge on any atom is -0.354 e. The van der Waals surface area contributed by atoms with Gasteiger partial charge in [-0.2, -0.15) is 0 Å². The van der Waals surface area contributed by atoms with Gasteiger partial charge in [-0.25, -0.2) is 0 Å². The monoisotopic (exact) mass is 391 g/mol. The van der Waals surface area contributed by atoms with Gasteiger partial charge in [-0.05, 0) is 54.5 Å². The molecule has 2 heterocycles. The van der Waals surface area contributed by atoms with Crippen LogP contribution in [-0.4, -0.2) is 36.5 Å². The zero-order valence-corrected chi connectivity index (χ0v) is 17.4.